The first-order chi connectivity index (χ1) is 25.3. The van der Waals surface area contributed by atoms with Gasteiger partial charge in [-0.3, -0.25) is 0 Å². The van der Waals surface area contributed by atoms with Crippen LogP contribution in [0.2, 0.25) is 0 Å². The first-order valence-corrected chi connectivity index (χ1v) is 17.8. The summed E-state index contributed by atoms with van der Waals surface area (Å²) < 4.78 is 8.91. The minimum atomic E-state index is 0.663. The third-order valence-electron chi connectivity index (χ3n) is 9.48. The van der Waals surface area contributed by atoms with Crippen LogP contribution in [0.5, 0.6) is 0 Å². The molecule has 7 aromatic carbocycles. The van der Waals surface area contributed by atoms with E-state index in [2.05, 4.69) is 150 Å². The molecule has 3 heterocycles. The Morgan fingerprint density at radius 3 is 1.84 bits per heavy atom. The smallest absolute Gasteiger partial charge is 0.161 e. The van der Waals surface area contributed by atoms with Gasteiger partial charge in [-0.05, 0) is 53.6 Å². The number of aromatic nitrogens is 2. The molecule has 0 aliphatic carbocycles. The van der Waals surface area contributed by atoms with Gasteiger partial charge in [-0.2, -0.15) is 0 Å². The van der Waals surface area contributed by atoms with Gasteiger partial charge in [0, 0.05) is 49.4 Å². The molecule has 4 nitrogen and oxygen atoms in total. The number of anilines is 3. The summed E-state index contributed by atoms with van der Waals surface area (Å²) in [6.45, 7) is 0. The SMILES string of the molecule is c1ccc(-c2ccc(N(c3ccccc3)c3cc(-c4nc(-c5ccccc5)c5sc6ccccc6c5n4)c4c(c3)oc3ccccc34)cc2)cc1. The summed E-state index contributed by atoms with van der Waals surface area (Å²) in [5.74, 6) is 0.663. The second-order valence-electron chi connectivity index (χ2n) is 12.6. The zero-order valence-electron chi connectivity index (χ0n) is 27.4. The van der Waals surface area contributed by atoms with Gasteiger partial charge in [0.1, 0.15) is 11.2 Å². The summed E-state index contributed by atoms with van der Waals surface area (Å²) >= 11 is 1.75. The molecule has 0 saturated carbocycles. The van der Waals surface area contributed by atoms with Gasteiger partial charge in [-0.1, -0.05) is 127 Å². The monoisotopic (exact) mass is 671 g/mol. The Hall–Kier alpha value is -6.56. The first-order valence-electron chi connectivity index (χ1n) is 17.0. The summed E-state index contributed by atoms with van der Waals surface area (Å²) in [4.78, 5) is 13.1. The van der Waals surface area contributed by atoms with Gasteiger partial charge in [0.25, 0.3) is 0 Å². The fourth-order valence-corrected chi connectivity index (χ4v) is 8.26. The first kappa shape index (κ1) is 29.4. The summed E-state index contributed by atoms with van der Waals surface area (Å²) in [6.07, 6.45) is 0. The molecule has 0 unspecified atom stereocenters. The number of furan rings is 1. The van der Waals surface area contributed by atoms with Crippen LogP contribution in [-0.4, -0.2) is 9.97 Å². The van der Waals surface area contributed by atoms with Crippen molar-refractivity contribution in [2.24, 2.45) is 0 Å². The molecular formula is C46H29N3OS. The van der Waals surface area contributed by atoms with E-state index in [1.165, 1.54) is 15.8 Å². The standard InChI is InChI=1S/C46H29N3OS/c1-4-14-30(15-5-1)31-24-26-34(27-25-31)49(33-18-8-3-9-19-33)35-28-38(42-36-20-10-12-22-39(36)50-40(42)29-35)46-47-43(32-16-6-2-7-17-32)45-44(48-46)37-21-11-13-23-41(37)51-45/h1-29H. The number of rotatable bonds is 6. The van der Waals surface area contributed by atoms with Crippen LogP contribution in [-0.2, 0) is 0 Å². The molecule has 0 radical (unpaired) electrons. The Morgan fingerprint density at radius 1 is 0.471 bits per heavy atom. The Balaban J connectivity index is 1.25. The molecule has 0 atom stereocenters. The average Bonchev–Trinajstić information content (AvgIpc) is 3.77. The minimum Gasteiger partial charge on any atom is -0.456 e. The summed E-state index contributed by atoms with van der Waals surface area (Å²) in [5, 5.41) is 3.17. The highest BCUT2D eigenvalue weighted by atomic mass is 32.1. The Bertz CT molecular complexity index is 2840. The fourth-order valence-electron chi connectivity index (χ4n) is 7.11. The van der Waals surface area contributed by atoms with E-state index in [1.807, 2.05) is 30.3 Å². The molecule has 10 rings (SSSR count). The maximum absolute atomic E-state index is 6.63. The number of nitrogens with zero attached hydrogens (tertiary/aromatic N) is 3. The second kappa shape index (κ2) is 12.1. The number of fused-ring (bicyclic) bond motifs is 6. The molecule has 0 N–H and O–H groups in total. The molecule has 0 saturated heterocycles. The molecule has 0 fully saturated rings. The molecule has 0 bridgehead atoms. The summed E-state index contributed by atoms with van der Waals surface area (Å²) in [5.41, 5.74) is 10.9. The topological polar surface area (TPSA) is 42.2 Å². The van der Waals surface area contributed by atoms with Crippen LogP contribution in [0.1, 0.15) is 0 Å². The Labute approximate surface area is 298 Å². The minimum absolute atomic E-state index is 0.663. The predicted molar refractivity (Wildman–Crippen MR) is 213 cm³/mol. The maximum Gasteiger partial charge on any atom is 0.161 e. The van der Waals surface area contributed by atoms with E-state index in [0.29, 0.717) is 5.82 Å². The van der Waals surface area contributed by atoms with E-state index >= 15 is 0 Å². The van der Waals surface area contributed by atoms with Crippen LogP contribution in [0.3, 0.4) is 0 Å². The normalized spacial score (nSPS) is 11.5. The largest absolute Gasteiger partial charge is 0.456 e. The second-order valence-corrected chi connectivity index (χ2v) is 13.6. The highest BCUT2D eigenvalue weighted by Gasteiger charge is 2.23. The highest BCUT2D eigenvalue weighted by molar-refractivity contribution is 7.26. The van der Waals surface area contributed by atoms with E-state index in [0.717, 1.165) is 71.4 Å². The van der Waals surface area contributed by atoms with Gasteiger partial charge in [0.2, 0.25) is 0 Å². The number of para-hydroxylation sites is 2. The van der Waals surface area contributed by atoms with E-state index in [1.54, 1.807) is 11.3 Å². The zero-order valence-corrected chi connectivity index (χ0v) is 28.2. The molecule has 10 aromatic rings. The van der Waals surface area contributed by atoms with Crippen LogP contribution in [0.15, 0.2) is 180 Å². The average molecular weight is 672 g/mol. The van der Waals surface area contributed by atoms with Crippen molar-refractivity contribution >= 4 is 70.6 Å². The van der Waals surface area contributed by atoms with Crippen molar-refractivity contribution in [3.8, 4) is 33.8 Å². The molecule has 0 amide bonds. The van der Waals surface area contributed by atoms with E-state index < -0.39 is 0 Å². The molecule has 240 valence electrons. The molecular weight excluding hydrogens is 643 g/mol. The van der Waals surface area contributed by atoms with Crippen LogP contribution < -0.4 is 4.90 Å². The van der Waals surface area contributed by atoms with Crippen molar-refractivity contribution in [2.45, 2.75) is 0 Å². The van der Waals surface area contributed by atoms with Crippen LogP contribution in [0.25, 0.3) is 76.0 Å². The van der Waals surface area contributed by atoms with E-state index in [9.17, 15) is 0 Å². The van der Waals surface area contributed by atoms with Gasteiger partial charge < -0.3 is 9.32 Å². The Morgan fingerprint density at radius 2 is 1.08 bits per heavy atom. The predicted octanol–water partition coefficient (Wildman–Crippen LogP) is 13.2. The van der Waals surface area contributed by atoms with Crippen molar-refractivity contribution < 1.29 is 4.42 Å². The number of hydrogen-bond acceptors (Lipinski definition) is 5. The lowest BCUT2D eigenvalue weighted by Gasteiger charge is -2.26. The van der Waals surface area contributed by atoms with Gasteiger partial charge in [0.15, 0.2) is 5.82 Å². The quantitative estimate of drug-likeness (QED) is 0.176. The van der Waals surface area contributed by atoms with Gasteiger partial charge in [-0.15, -0.1) is 11.3 Å². The van der Waals surface area contributed by atoms with Gasteiger partial charge in [-0.25, -0.2) is 9.97 Å². The fraction of sp³-hybridized carbons (Fsp3) is 0. The van der Waals surface area contributed by atoms with Crippen LogP contribution >= 0.6 is 11.3 Å². The lowest BCUT2D eigenvalue weighted by molar-refractivity contribution is 0.669. The van der Waals surface area contributed by atoms with Crippen molar-refractivity contribution in [3.05, 3.63) is 176 Å². The number of hydrogen-bond donors (Lipinski definition) is 0. The summed E-state index contributed by atoms with van der Waals surface area (Å²) in [7, 11) is 0. The summed E-state index contributed by atoms with van der Waals surface area (Å²) in [6, 6.07) is 61.3. The van der Waals surface area contributed by atoms with E-state index in [4.69, 9.17) is 14.4 Å². The molecule has 51 heavy (non-hydrogen) atoms. The number of thiophene rings is 1. The number of benzene rings is 7. The van der Waals surface area contributed by atoms with Gasteiger partial charge >= 0.3 is 0 Å². The molecule has 3 aromatic heterocycles. The molecule has 5 heteroatoms. The third kappa shape index (κ3) is 5.06. The third-order valence-corrected chi connectivity index (χ3v) is 10.6. The Kier molecular flexibility index (Phi) is 6.96. The molecule has 0 aliphatic rings. The molecule has 0 aliphatic heterocycles. The van der Waals surface area contributed by atoms with Crippen molar-refractivity contribution in [2.75, 3.05) is 4.90 Å². The zero-order chi connectivity index (χ0) is 33.7. The lowest BCUT2D eigenvalue weighted by Crippen LogP contribution is -2.10. The van der Waals surface area contributed by atoms with Crippen molar-refractivity contribution in [1.82, 2.24) is 9.97 Å². The van der Waals surface area contributed by atoms with Gasteiger partial charge in [0.05, 0.1) is 21.6 Å². The highest BCUT2D eigenvalue weighted by Crippen LogP contribution is 2.45. The molecule has 0 spiro atoms. The van der Waals surface area contributed by atoms with E-state index in [-0.39, 0.29) is 0 Å². The van der Waals surface area contributed by atoms with Crippen LogP contribution in [0, 0.1) is 0 Å². The maximum atomic E-state index is 6.63. The van der Waals surface area contributed by atoms with Crippen molar-refractivity contribution in [1.29, 1.82) is 0 Å². The van der Waals surface area contributed by atoms with Crippen LogP contribution in [0.4, 0.5) is 17.1 Å². The lowest BCUT2D eigenvalue weighted by atomic mass is 10.0. The van der Waals surface area contributed by atoms with Crippen molar-refractivity contribution in [3.63, 3.8) is 0 Å².